The average Bonchev–Trinajstić information content (AvgIpc) is 2.24. The molecule has 0 bridgehead atoms. The lowest BCUT2D eigenvalue weighted by atomic mass is 10.3. The maximum atomic E-state index is 5.92. The van der Waals surface area contributed by atoms with E-state index in [0.717, 1.165) is 37.4 Å². The van der Waals surface area contributed by atoms with Crippen LogP contribution in [-0.4, -0.2) is 16.5 Å². The smallest absolute Gasteiger partial charge is 0.134 e. The molecule has 0 radical (unpaired) electrons. The highest BCUT2D eigenvalue weighted by molar-refractivity contribution is 6.29. The molecule has 0 spiro atoms. The van der Waals surface area contributed by atoms with E-state index in [1.165, 1.54) is 0 Å². The molecule has 1 aromatic rings. The second-order valence-electron chi connectivity index (χ2n) is 3.53. The van der Waals surface area contributed by atoms with Crippen molar-refractivity contribution >= 4 is 17.4 Å². The average molecular weight is 240 g/mol. The third-order valence-electron chi connectivity index (χ3n) is 2.07. The number of anilines is 1. The molecule has 0 fully saturated rings. The summed E-state index contributed by atoms with van der Waals surface area (Å²) in [5, 5.41) is 3.74. The summed E-state index contributed by atoms with van der Waals surface area (Å²) >= 11 is 5.92. The van der Waals surface area contributed by atoms with E-state index < -0.39 is 0 Å². The van der Waals surface area contributed by atoms with Gasteiger partial charge in [-0.1, -0.05) is 30.7 Å². The Labute approximate surface area is 102 Å². The van der Waals surface area contributed by atoms with Gasteiger partial charge in [-0.15, -0.1) is 0 Å². The lowest BCUT2D eigenvalue weighted by molar-refractivity contribution is 0.833. The first-order valence-corrected chi connectivity index (χ1v) is 6.02. The molecule has 1 rings (SSSR count). The molecule has 0 saturated carbocycles. The van der Waals surface area contributed by atoms with Gasteiger partial charge in [0, 0.05) is 19.0 Å². The number of nitrogens with zero attached hydrogens (tertiary/aromatic N) is 2. The van der Waals surface area contributed by atoms with Gasteiger partial charge in [0.05, 0.1) is 0 Å². The Morgan fingerprint density at radius 2 is 2.25 bits per heavy atom. The van der Waals surface area contributed by atoms with E-state index in [9.17, 15) is 0 Å². The normalized spacial score (nSPS) is 10.9. The Hall–Kier alpha value is -1.09. The number of aryl methyl sites for hydroxylation is 1. The van der Waals surface area contributed by atoms with Crippen LogP contribution in [-0.2, 0) is 6.42 Å². The van der Waals surface area contributed by atoms with Crippen molar-refractivity contribution < 1.29 is 0 Å². The number of rotatable bonds is 6. The van der Waals surface area contributed by atoms with E-state index in [1.807, 2.05) is 13.0 Å². The Kier molecular flexibility index (Phi) is 5.86. The molecule has 4 heteroatoms. The first-order chi connectivity index (χ1) is 7.76. The van der Waals surface area contributed by atoms with E-state index in [1.54, 1.807) is 6.07 Å². The Morgan fingerprint density at radius 1 is 1.44 bits per heavy atom. The zero-order valence-corrected chi connectivity index (χ0v) is 10.6. The molecule has 1 N–H and O–H groups in total. The van der Waals surface area contributed by atoms with Crippen molar-refractivity contribution in [1.82, 2.24) is 9.97 Å². The molecule has 0 aliphatic rings. The zero-order valence-electron chi connectivity index (χ0n) is 9.83. The second kappa shape index (κ2) is 7.23. The lowest BCUT2D eigenvalue weighted by Crippen LogP contribution is -2.05. The molecular weight excluding hydrogens is 222 g/mol. The first kappa shape index (κ1) is 13.0. The summed E-state index contributed by atoms with van der Waals surface area (Å²) in [6, 6.07) is 1.76. The molecule has 0 saturated heterocycles. The van der Waals surface area contributed by atoms with Crippen molar-refractivity contribution in [1.29, 1.82) is 0 Å². The van der Waals surface area contributed by atoms with Gasteiger partial charge < -0.3 is 5.32 Å². The highest BCUT2D eigenvalue weighted by Gasteiger charge is 2.01. The second-order valence-corrected chi connectivity index (χ2v) is 3.91. The number of hydrogen-bond acceptors (Lipinski definition) is 3. The zero-order chi connectivity index (χ0) is 11.8. The summed E-state index contributed by atoms with van der Waals surface area (Å²) in [6.45, 7) is 4.98. The number of aromatic nitrogens is 2. The van der Waals surface area contributed by atoms with Crippen molar-refractivity contribution in [2.45, 2.75) is 33.1 Å². The van der Waals surface area contributed by atoms with Gasteiger partial charge in [0.2, 0.25) is 0 Å². The summed E-state index contributed by atoms with van der Waals surface area (Å²) in [6.07, 6.45) is 7.03. The maximum Gasteiger partial charge on any atom is 0.134 e. The molecule has 0 aliphatic carbocycles. The monoisotopic (exact) mass is 239 g/mol. The summed E-state index contributed by atoms with van der Waals surface area (Å²) in [5.74, 6) is 1.62. The molecule has 16 heavy (non-hydrogen) atoms. The van der Waals surface area contributed by atoms with Crippen LogP contribution in [0.1, 0.15) is 32.5 Å². The van der Waals surface area contributed by atoms with Gasteiger partial charge in [0.15, 0.2) is 0 Å². The van der Waals surface area contributed by atoms with Gasteiger partial charge in [-0.05, 0) is 19.8 Å². The van der Waals surface area contributed by atoms with Crippen molar-refractivity contribution in [3.05, 3.63) is 29.2 Å². The maximum absolute atomic E-state index is 5.92. The SMILES string of the molecule is C/C=C/CCNc1cc(Cl)nc(CCC)n1. The van der Waals surface area contributed by atoms with Crippen LogP contribution < -0.4 is 5.32 Å². The Bertz CT molecular complexity index is 350. The van der Waals surface area contributed by atoms with Gasteiger partial charge in [-0.2, -0.15) is 0 Å². The van der Waals surface area contributed by atoms with Crippen LogP contribution in [0.4, 0.5) is 5.82 Å². The Balaban J connectivity index is 2.57. The van der Waals surface area contributed by atoms with Crippen LogP contribution in [0.3, 0.4) is 0 Å². The minimum absolute atomic E-state index is 0.506. The highest BCUT2D eigenvalue weighted by Crippen LogP contribution is 2.12. The molecule has 0 amide bonds. The lowest BCUT2D eigenvalue weighted by Gasteiger charge is -2.06. The highest BCUT2D eigenvalue weighted by atomic mass is 35.5. The van der Waals surface area contributed by atoms with Crippen LogP contribution in [0.5, 0.6) is 0 Å². The number of allylic oxidation sites excluding steroid dienone is 1. The minimum Gasteiger partial charge on any atom is -0.370 e. The molecule has 0 aromatic carbocycles. The predicted octanol–water partition coefficient (Wildman–Crippen LogP) is 3.46. The fourth-order valence-electron chi connectivity index (χ4n) is 1.34. The van der Waals surface area contributed by atoms with E-state index in [4.69, 9.17) is 11.6 Å². The van der Waals surface area contributed by atoms with Gasteiger partial charge in [-0.3, -0.25) is 0 Å². The summed E-state index contributed by atoms with van der Waals surface area (Å²) in [4.78, 5) is 8.56. The molecule has 1 aromatic heterocycles. The molecule has 1 heterocycles. The van der Waals surface area contributed by atoms with Crippen LogP contribution in [0.25, 0.3) is 0 Å². The van der Waals surface area contributed by atoms with Crippen molar-refractivity contribution in [3.63, 3.8) is 0 Å². The van der Waals surface area contributed by atoms with Crippen LogP contribution >= 0.6 is 11.6 Å². The topological polar surface area (TPSA) is 37.8 Å². The summed E-state index contributed by atoms with van der Waals surface area (Å²) in [5.41, 5.74) is 0. The molecule has 0 unspecified atom stereocenters. The third-order valence-corrected chi connectivity index (χ3v) is 2.26. The fraction of sp³-hybridized carbons (Fsp3) is 0.500. The van der Waals surface area contributed by atoms with Crippen molar-refractivity contribution in [2.75, 3.05) is 11.9 Å². The third kappa shape index (κ3) is 4.62. The van der Waals surface area contributed by atoms with E-state index in [0.29, 0.717) is 5.15 Å². The van der Waals surface area contributed by atoms with Crippen molar-refractivity contribution in [3.8, 4) is 0 Å². The number of nitrogens with one attached hydrogen (secondary N) is 1. The Morgan fingerprint density at radius 3 is 2.94 bits per heavy atom. The number of halogens is 1. The fourth-order valence-corrected chi connectivity index (χ4v) is 1.54. The van der Waals surface area contributed by atoms with Gasteiger partial charge in [-0.25, -0.2) is 9.97 Å². The molecule has 3 nitrogen and oxygen atoms in total. The standard InChI is InChI=1S/C12H18ClN3/c1-3-5-6-8-14-12-9-10(13)15-11(16-12)7-4-2/h3,5,9H,4,6-8H2,1-2H3,(H,14,15,16)/b5-3+. The molecule has 0 atom stereocenters. The van der Waals surface area contributed by atoms with Gasteiger partial charge >= 0.3 is 0 Å². The summed E-state index contributed by atoms with van der Waals surface area (Å²) < 4.78 is 0. The summed E-state index contributed by atoms with van der Waals surface area (Å²) in [7, 11) is 0. The molecule has 0 aliphatic heterocycles. The van der Waals surface area contributed by atoms with Crippen LogP contribution in [0.15, 0.2) is 18.2 Å². The van der Waals surface area contributed by atoms with E-state index in [-0.39, 0.29) is 0 Å². The predicted molar refractivity (Wildman–Crippen MR) is 69.0 cm³/mol. The van der Waals surface area contributed by atoms with Gasteiger partial charge in [0.25, 0.3) is 0 Å². The van der Waals surface area contributed by atoms with Crippen molar-refractivity contribution in [2.24, 2.45) is 0 Å². The van der Waals surface area contributed by atoms with Crippen LogP contribution in [0, 0.1) is 0 Å². The van der Waals surface area contributed by atoms with E-state index in [2.05, 4.69) is 28.3 Å². The quantitative estimate of drug-likeness (QED) is 0.469. The van der Waals surface area contributed by atoms with Crippen LogP contribution in [0.2, 0.25) is 5.15 Å². The minimum atomic E-state index is 0.506. The van der Waals surface area contributed by atoms with E-state index >= 15 is 0 Å². The van der Waals surface area contributed by atoms with Gasteiger partial charge in [0.1, 0.15) is 16.8 Å². The molecule has 88 valence electrons. The molecular formula is C12H18ClN3. The first-order valence-electron chi connectivity index (χ1n) is 5.64. The number of hydrogen-bond donors (Lipinski definition) is 1. The largest absolute Gasteiger partial charge is 0.370 e.